The molecule has 0 N–H and O–H groups in total. The van der Waals surface area contributed by atoms with Crippen molar-refractivity contribution in [2.75, 3.05) is 33.9 Å². The number of benzene rings is 2. The summed E-state index contributed by atoms with van der Waals surface area (Å²) in [6.07, 6.45) is 19.5. The molecular weight excluding hydrogens is 482 g/mol. The number of hydrogen-bond donors (Lipinski definition) is 0. The van der Waals surface area contributed by atoms with Crippen LogP contribution in [-0.2, 0) is 22.5 Å². The van der Waals surface area contributed by atoms with Crippen LogP contribution in [0.15, 0.2) is 54.6 Å². The largest absolute Gasteiger partial charge is 0.494 e. The number of hydrogen-bond acceptors (Lipinski definition) is 3. The second kappa shape index (κ2) is 20.6. The molecule has 2 aromatic carbocycles. The van der Waals surface area contributed by atoms with Gasteiger partial charge in [-0.15, -0.1) is 0 Å². The van der Waals surface area contributed by atoms with E-state index in [9.17, 15) is 4.79 Å². The number of rotatable bonds is 23. The molecule has 0 saturated heterocycles. The Kier molecular flexibility index (Phi) is 17.3. The number of aryl methyl sites for hydroxylation is 1. The summed E-state index contributed by atoms with van der Waals surface area (Å²) in [7, 11) is 4.12. The summed E-state index contributed by atoms with van der Waals surface area (Å²) in [5.41, 5.74) is 2.62. The minimum atomic E-state index is -0.138. The van der Waals surface area contributed by atoms with Crippen molar-refractivity contribution < 1.29 is 18.8 Å². The van der Waals surface area contributed by atoms with Crippen LogP contribution in [0.2, 0.25) is 0 Å². The van der Waals surface area contributed by atoms with E-state index in [0.29, 0.717) is 24.2 Å². The van der Waals surface area contributed by atoms with Gasteiger partial charge in [0.2, 0.25) is 0 Å². The monoisotopic (exact) mass is 538 g/mol. The fourth-order valence-corrected chi connectivity index (χ4v) is 5.03. The zero-order valence-electron chi connectivity index (χ0n) is 25.3. The average molecular weight is 539 g/mol. The van der Waals surface area contributed by atoms with E-state index in [4.69, 9.17) is 9.47 Å². The van der Waals surface area contributed by atoms with Crippen LogP contribution in [0.4, 0.5) is 0 Å². The summed E-state index contributed by atoms with van der Waals surface area (Å²) in [6.45, 7) is 4.56. The third-order valence-electron chi connectivity index (χ3n) is 7.32. The molecule has 0 spiro atoms. The molecule has 2 rings (SSSR count). The molecule has 4 nitrogen and oxygen atoms in total. The van der Waals surface area contributed by atoms with Gasteiger partial charge in [0.05, 0.1) is 27.3 Å². The first-order chi connectivity index (χ1) is 19.0. The second-order valence-electron chi connectivity index (χ2n) is 11.8. The summed E-state index contributed by atoms with van der Waals surface area (Å²) in [5, 5.41) is 0. The second-order valence-corrected chi connectivity index (χ2v) is 11.8. The molecule has 4 heteroatoms. The molecule has 0 aliphatic heterocycles. The van der Waals surface area contributed by atoms with E-state index in [1.54, 1.807) is 0 Å². The van der Waals surface area contributed by atoms with Gasteiger partial charge >= 0.3 is 5.97 Å². The highest BCUT2D eigenvalue weighted by Gasteiger charge is 2.21. The van der Waals surface area contributed by atoms with Gasteiger partial charge in [-0.2, -0.15) is 0 Å². The van der Waals surface area contributed by atoms with Gasteiger partial charge in [-0.05, 0) is 43.4 Å². The first-order valence-electron chi connectivity index (χ1n) is 15.7. The van der Waals surface area contributed by atoms with E-state index in [0.717, 1.165) is 31.6 Å². The average Bonchev–Trinajstić information content (AvgIpc) is 2.92. The Morgan fingerprint density at radius 3 is 1.82 bits per heavy atom. The zero-order valence-corrected chi connectivity index (χ0v) is 25.3. The van der Waals surface area contributed by atoms with Crippen molar-refractivity contribution in [2.24, 2.45) is 0 Å². The lowest BCUT2D eigenvalue weighted by atomic mass is 10.0. The van der Waals surface area contributed by atoms with Gasteiger partial charge in [-0.3, -0.25) is 0 Å². The number of likely N-dealkylation sites (N-methyl/N-ethyl adjacent to an activating group) is 1. The smallest absolute Gasteiger partial charge is 0.361 e. The predicted octanol–water partition coefficient (Wildman–Crippen LogP) is 8.91. The van der Waals surface area contributed by atoms with Crippen molar-refractivity contribution in [3.8, 4) is 5.75 Å². The number of esters is 1. The quantitative estimate of drug-likeness (QED) is 0.0805. The molecule has 218 valence electrons. The lowest BCUT2D eigenvalue weighted by Gasteiger charge is -2.28. The highest BCUT2D eigenvalue weighted by molar-refractivity contribution is 5.70. The van der Waals surface area contributed by atoms with Crippen molar-refractivity contribution in [3.63, 3.8) is 0 Å². The minimum absolute atomic E-state index is 0.138. The maximum atomic E-state index is 12.3. The minimum Gasteiger partial charge on any atom is -0.494 e. The van der Waals surface area contributed by atoms with Gasteiger partial charge in [0, 0.05) is 5.56 Å². The molecule has 0 atom stereocenters. The van der Waals surface area contributed by atoms with E-state index < -0.39 is 0 Å². The Labute approximate surface area is 239 Å². The van der Waals surface area contributed by atoms with Crippen LogP contribution in [0.5, 0.6) is 5.75 Å². The number of nitrogens with zero attached hydrogens (tertiary/aromatic N) is 1. The van der Waals surface area contributed by atoms with Gasteiger partial charge in [0.15, 0.2) is 6.54 Å². The molecule has 0 bridgehead atoms. The third kappa shape index (κ3) is 17.1. The van der Waals surface area contributed by atoms with E-state index in [1.807, 2.05) is 18.2 Å². The Hall–Kier alpha value is -2.33. The van der Waals surface area contributed by atoms with Gasteiger partial charge in [-0.25, -0.2) is 4.79 Å². The SMILES string of the molecule is CCCCCCCCCCCCCCc1ccc(OCCCCOC(=O)C[N+](C)(C)Cc2ccccc2)cc1. The zero-order chi connectivity index (χ0) is 28.0. The predicted molar refractivity (Wildman–Crippen MR) is 164 cm³/mol. The van der Waals surface area contributed by atoms with Crippen molar-refractivity contribution >= 4 is 5.97 Å². The molecule has 0 amide bonds. The fraction of sp³-hybridized carbons (Fsp3) is 0.629. The maximum Gasteiger partial charge on any atom is 0.361 e. The summed E-state index contributed by atoms with van der Waals surface area (Å²) in [5.74, 6) is 0.783. The fourth-order valence-electron chi connectivity index (χ4n) is 5.03. The first kappa shape index (κ1) is 32.9. The first-order valence-corrected chi connectivity index (χ1v) is 15.7. The standard InChI is InChI=1S/C35H56NO3/c1-4-5-6-7-8-9-10-11-12-13-14-16-21-32-24-26-34(27-25-32)38-28-19-20-29-39-35(37)31-36(2,3)30-33-22-17-15-18-23-33/h15,17-18,22-27H,4-14,16,19-21,28-31H2,1-3H3/q+1. The highest BCUT2D eigenvalue weighted by Crippen LogP contribution is 2.16. The van der Waals surface area contributed by atoms with Gasteiger partial charge < -0.3 is 14.0 Å². The number of carbonyl (C=O) groups excluding carboxylic acids is 1. The van der Waals surface area contributed by atoms with E-state index in [-0.39, 0.29) is 5.97 Å². The molecule has 0 aromatic heterocycles. The summed E-state index contributed by atoms with van der Waals surface area (Å²) in [4.78, 5) is 12.3. The van der Waals surface area contributed by atoms with Gasteiger partial charge in [0.1, 0.15) is 12.3 Å². The van der Waals surface area contributed by atoms with Gasteiger partial charge in [-0.1, -0.05) is 120 Å². The maximum absolute atomic E-state index is 12.3. The van der Waals surface area contributed by atoms with Crippen molar-refractivity contribution in [1.29, 1.82) is 0 Å². The Morgan fingerprint density at radius 1 is 0.641 bits per heavy atom. The van der Waals surface area contributed by atoms with Crippen molar-refractivity contribution in [2.45, 2.75) is 110 Å². The Bertz CT molecular complexity index is 863. The molecule has 0 radical (unpaired) electrons. The molecule has 0 heterocycles. The van der Waals surface area contributed by atoms with Crippen LogP contribution >= 0.6 is 0 Å². The molecule has 0 aliphatic carbocycles. The van der Waals surface area contributed by atoms with Crippen molar-refractivity contribution in [3.05, 3.63) is 65.7 Å². The van der Waals surface area contributed by atoms with Crippen LogP contribution in [0, 0.1) is 0 Å². The summed E-state index contributed by atoms with van der Waals surface area (Å²) in [6, 6.07) is 18.8. The summed E-state index contributed by atoms with van der Waals surface area (Å²) < 4.78 is 11.9. The normalized spacial score (nSPS) is 11.5. The van der Waals surface area contributed by atoms with Crippen LogP contribution in [-0.4, -0.2) is 44.3 Å². The number of ether oxygens (including phenoxy) is 2. The number of unbranched alkanes of at least 4 members (excludes halogenated alkanes) is 12. The van der Waals surface area contributed by atoms with Gasteiger partial charge in [0.25, 0.3) is 0 Å². The lowest BCUT2D eigenvalue weighted by Crippen LogP contribution is -2.43. The van der Waals surface area contributed by atoms with E-state index >= 15 is 0 Å². The van der Waals surface area contributed by atoms with Crippen LogP contribution in [0.3, 0.4) is 0 Å². The topological polar surface area (TPSA) is 35.5 Å². The molecule has 2 aromatic rings. The van der Waals surface area contributed by atoms with E-state index in [2.05, 4.69) is 57.4 Å². The Morgan fingerprint density at radius 2 is 1.21 bits per heavy atom. The molecule has 0 saturated carbocycles. The molecule has 0 unspecified atom stereocenters. The van der Waals surface area contributed by atoms with Crippen LogP contribution in [0.25, 0.3) is 0 Å². The molecule has 0 aliphatic rings. The van der Waals surface area contributed by atoms with Crippen molar-refractivity contribution in [1.82, 2.24) is 0 Å². The molecule has 39 heavy (non-hydrogen) atoms. The van der Waals surface area contributed by atoms with Crippen LogP contribution < -0.4 is 4.74 Å². The van der Waals surface area contributed by atoms with Crippen LogP contribution in [0.1, 0.15) is 108 Å². The lowest BCUT2D eigenvalue weighted by molar-refractivity contribution is -0.896. The summed E-state index contributed by atoms with van der Waals surface area (Å²) >= 11 is 0. The molecule has 0 fully saturated rings. The third-order valence-corrected chi connectivity index (χ3v) is 7.32. The molecular formula is C35H56NO3+. The number of quaternary nitrogens is 1. The Balaban J connectivity index is 1.43. The van der Waals surface area contributed by atoms with E-state index in [1.165, 1.54) is 88.2 Å². The highest BCUT2D eigenvalue weighted by atomic mass is 16.5. The number of carbonyl (C=O) groups is 1.